The van der Waals surface area contributed by atoms with Gasteiger partial charge in [0.2, 0.25) is 5.88 Å². The Kier molecular flexibility index (Phi) is 4.34. The van der Waals surface area contributed by atoms with Crippen molar-refractivity contribution >= 4 is 32.8 Å². The lowest BCUT2D eigenvalue weighted by Crippen LogP contribution is -2.06. The highest BCUT2D eigenvalue weighted by Crippen LogP contribution is 2.28. The van der Waals surface area contributed by atoms with Gasteiger partial charge in [-0.05, 0) is 30.7 Å². The Bertz CT molecular complexity index is 856. The molecule has 2 aromatic heterocycles. The number of pyridine rings is 1. The summed E-state index contributed by atoms with van der Waals surface area (Å²) in [5.74, 6) is -0.539. The predicted molar refractivity (Wildman–Crippen MR) is 91.1 cm³/mol. The van der Waals surface area contributed by atoms with Crippen LogP contribution in [0.5, 0.6) is 5.88 Å². The molecule has 0 aliphatic carbocycles. The summed E-state index contributed by atoms with van der Waals surface area (Å²) in [5.41, 5.74) is 1.88. The van der Waals surface area contributed by atoms with E-state index < -0.39 is 5.97 Å². The van der Waals surface area contributed by atoms with Crippen LogP contribution in [0.15, 0.2) is 47.2 Å². The van der Waals surface area contributed by atoms with Crippen LogP contribution in [0.3, 0.4) is 0 Å². The summed E-state index contributed by atoms with van der Waals surface area (Å²) < 4.78 is 8.43. The third kappa shape index (κ3) is 3.07. The number of ether oxygens (including phenoxy) is 1. The Balaban J connectivity index is 2.11. The van der Waals surface area contributed by atoms with Crippen LogP contribution in [-0.4, -0.2) is 27.2 Å². The molecule has 0 radical (unpaired) electrons. The molecule has 3 aromatic rings. The number of rotatable bonds is 5. The van der Waals surface area contributed by atoms with Crippen LogP contribution in [0.1, 0.15) is 22.8 Å². The van der Waals surface area contributed by atoms with Gasteiger partial charge in [0.15, 0.2) is 0 Å². The number of aromatic nitrogens is 2. The van der Waals surface area contributed by atoms with Gasteiger partial charge in [0.1, 0.15) is 5.56 Å². The van der Waals surface area contributed by atoms with Gasteiger partial charge in [-0.1, -0.05) is 28.1 Å². The lowest BCUT2D eigenvalue weighted by Gasteiger charge is -2.10. The van der Waals surface area contributed by atoms with Crippen molar-refractivity contribution in [1.29, 1.82) is 0 Å². The molecule has 2 heterocycles. The zero-order valence-corrected chi connectivity index (χ0v) is 14.1. The van der Waals surface area contributed by atoms with E-state index in [0.29, 0.717) is 29.9 Å². The Morgan fingerprint density at radius 2 is 2.04 bits per heavy atom. The van der Waals surface area contributed by atoms with E-state index in [4.69, 9.17) is 4.74 Å². The molecular formula is C17H15BrN2O3. The van der Waals surface area contributed by atoms with Crippen molar-refractivity contribution in [2.75, 3.05) is 6.61 Å². The summed E-state index contributed by atoms with van der Waals surface area (Å²) in [4.78, 5) is 15.7. The van der Waals surface area contributed by atoms with E-state index in [1.807, 2.05) is 48.0 Å². The molecule has 0 spiro atoms. The standard InChI is InChI=1S/C17H15BrN2O3/c1-2-23-16-13-7-8-20(10-11-3-5-12(18)6-4-11)15(13)14(9-19-16)17(21)22/h3-9H,2,10H2,1H3,(H,21,22). The quantitative estimate of drug-likeness (QED) is 0.734. The second-order valence-electron chi connectivity index (χ2n) is 5.05. The van der Waals surface area contributed by atoms with Crippen LogP contribution < -0.4 is 4.74 Å². The molecule has 0 aliphatic rings. The third-order valence-electron chi connectivity index (χ3n) is 3.54. The highest BCUT2D eigenvalue weighted by molar-refractivity contribution is 9.10. The normalized spacial score (nSPS) is 10.9. The van der Waals surface area contributed by atoms with Crippen molar-refractivity contribution in [2.45, 2.75) is 13.5 Å². The van der Waals surface area contributed by atoms with E-state index in [9.17, 15) is 9.90 Å². The predicted octanol–water partition coefficient (Wildman–Crippen LogP) is 3.94. The van der Waals surface area contributed by atoms with Crippen molar-refractivity contribution in [3.05, 3.63) is 58.3 Å². The maximum Gasteiger partial charge on any atom is 0.339 e. The fraction of sp³-hybridized carbons (Fsp3) is 0.176. The largest absolute Gasteiger partial charge is 0.478 e. The van der Waals surface area contributed by atoms with Gasteiger partial charge in [-0.15, -0.1) is 0 Å². The second kappa shape index (κ2) is 6.42. The summed E-state index contributed by atoms with van der Waals surface area (Å²) in [6.45, 7) is 2.93. The third-order valence-corrected chi connectivity index (χ3v) is 4.07. The zero-order valence-electron chi connectivity index (χ0n) is 12.5. The van der Waals surface area contributed by atoms with E-state index in [1.54, 1.807) is 0 Å². The van der Waals surface area contributed by atoms with E-state index in [-0.39, 0.29) is 5.56 Å². The molecule has 1 N–H and O–H groups in total. The SMILES string of the molecule is CCOc1ncc(C(=O)O)c2c1ccn2Cc1ccc(Br)cc1. The number of nitrogens with zero attached hydrogens (tertiary/aromatic N) is 2. The number of halogens is 1. The van der Waals surface area contributed by atoms with E-state index in [1.165, 1.54) is 6.20 Å². The van der Waals surface area contributed by atoms with Crippen LogP contribution in [0.4, 0.5) is 0 Å². The molecule has 1 aromatic carbocycles. The summed E-state index contributed by atoms with van der Waals surface area (Å²) in [7, 11) is 0. The summed E-state index contributed by atoms with van der Waals surface area (Å²) >= 11 is 3.41. The van der Waals surface area contributed by atoms with Gasteiger partial charge in [0.05, 0.1) is 17.5 Å². The van der Waals surface area contributed by atoms with Gasteiger partial charge in [0, 0.05) is 23.4 Å². The Labute approximate surface area is 141 Å². The minimum Gasteiger partial charge on any atom is -0.478 e. The average molecular weight is 375 g/mol. The first-order valence-electron chi connectivity index (χ1n) is 7.18. The minimum atomic E-state index is -0.999. The molecule has 0 fully saturated rings. The molecule has 0 saturated heterocycles. The molecule has 3 rings (SSSR count). The van der Waals surface area contributed by atoms with Crippen molar-refractivity contribution < 1.29 is 14.6 Å². The Morgan fingerprint density at radius 3 is 2.70 bits per heavy atom. The molecule has 0 amide bonds. The number of aromatic carboxylic acids is 1. The van der Waals surface area contributed by atoms with Gasteiger partial charge in [0.25, 0.3) is 0 Å². The number of hydrogen-bond donors (Lipinski definition) is 1. The highest BCUT2D eigenvalue weighted by Gasteiger charge is 2.17. The van der Waals surface area contributed by atoms with Crippen molar-refractivity contribution in [1.82, 2.24) is 9.55 Å². The molecule has 0 bridgehead atoms. The Morgan fingerprint density at radius 1 is 1.30 bits per heavy atom. The van der Waals surface area contributed by atoms with Gasteiger partial charge in [-0.25, -0.2) is 9.78 Å². The van der Waals surface area contributed by atoms with Crippen molar-refractivity contribution in [2.24, 2.45) is 0 Å². The van der Waals surface area contributed by atoms with Crippen molar-refractivity contribution in [3.8, 4) is 5.88 Å². The number of fused-ring (bicyclic) bond motifs is 1. The fourth-order valence-electron chi connectivity index (χ4n) is 2.53. The van der Waals surface area contributed by atoms with Gasteiger partial charge < -0.3 is 14.4 Å². The summed E-state index contributed by atoms with van der Waals surface area (Å²) in [6.07, 6.45) is 3.22. The van der Waals surface area contributed by atoms with Crippen LogP contribution >= 0.6 is 15.9 Å². The highest BCUT2D eigenvalue weighted by atomic mass is 79.9. The smallest absolute Gasteiger partial charge is 0.339 e. The molecule has 0 saturated carbocycles. The number of carbonyl (C=O) groups is 1. The molecule has 5 nitrogen and oxygen atoms in total. The monoisotopic (exact) mass is 374 g/mol. The molecule has 0 atom stereocenters. The molecule has 0 aliphatic heterocycles. The molecule has 23 heavy (non-hydrogen) atoms. The number of hydrogen-bond acceptors (Lipinski definition) is 3. The van der Waals surface area contributed by atoms with Crippen molar-refractivity contribution in [3.63, 3.8) is 0 Å². The topological polar surface area (TPSA) is 64.3 Å². The van der Waals surface area contributed by atoms with Gasteiger partial charge in [-0.3, -0.25) is 0 Å². The van der Waals surface area contributed by atoms with Gasteiger partial charge in [-0.2, -0.15) is 0 Å². The number of carboxylic acids is 1. The van der Waals surface area contributed by atoms with E-state index >= 15 is 0 Å². The zero-order chi connectivity index (χ0) is 16.4. The van der Waals surface area contributed by atoms with E-state index in [0.717, 1.165) is 10.0 Å². The second-order valence-corrected chi connectivity index (χ2v) is 5.96. The lowest BCUT2D eigenvalue weighted by molar-refractivity contribution is 0.0698. The minimum absolute atomic E-state index is 0.172. The first kappa shape index (κ1) is 15.6. The van der Waals surface area contributed by atoms with Crippen LogP contribution in [-0.2, 0) is 6.54 Å². The van der Waals surface area contributed by atoms with Gasteiger partial charge >= 0.3 is 5.97 Å². The number of benzene rings is 1. The van der Waals surface area contributed by atoms with Crippen LogP contribution in [0.2, 0.25) is 0 Å². The first-order chi connectivity index (χ1) is 11.1. The molecule has 118 valence electrons. The van der Waals surface area contributed by atoms with Crippen LogP contribution in [0.25, 0.3) is 10.9 Å². The van der Waals surface area contributed by atoms with Crippen LogP contribution in [0, 0.1) is 0 Å². The maximum absolute atomic E-state index is 11.5. The maximum atomic E-state index is 11.5. The lowest BCUT2D eigenvalue weighted by atomic mass is 10.2. The average Bonchev–Trinajstić information content (AvgIpc) is 2.94. The summed E-state index contributed by atoms with van der Waals surface area (Å²) in [5, 5.41) is 10.2. The fourth-order valence-corrected chi connectivity index (χ4v) is 2.79. The summed E-state index contributed by atoms with van der Waals surface area (Å²) in [6, 6.07) is 9.78. The Hall–Kier alpha value is -2.34. The molecular weight excluding hydrogens is 360 g/mol. The number of carboxylic acid groups (broad SMARTS) is 1. The van der Waals surface area contributed by atoms with E-state index in [2.05, 4.69) is 20.9 Å². The molecule has 6 heteroatoms. The molecule has 0 unspecified atom stereocenters. The first-order valence-corrected chi connectivity index (χ1v) is 7.98.